The standard InChI is InChI=1S/C12H21N3O2/c1-4-10(7-13)15-5-6-17-8-11(15)12(16)14-9(2)3/h9-11H,4-6,8H2,1-3H3,(H,14,16). The Kier molecular flexibility index (Phi) is 5.39. The number of nitriles is 1. The van der Waals surface area contributed by atoms with Crippen LogP contribution >= 0.6 is 0 Å². The molecule has 1 N–H and O–H groups in total. The predicted molar refractivity (Wildman–Crippen MR) is 64.3 cm³/mol. The Morgan fingerprint density at radius 1 is 1.65 bits per heavy atom. The SMILES string of the molecule is CCC(C#N)N1CCOCC1C(=O)NC(C)C. The number of hydrogen-bond donors (Lipinski definition) is 1. The van der Waals surface area contributed by atoms with Crippen molar-refractivity contribution >= 4 is 5.91 Å². The molecular weight excluding hydrogens is 218 g/mol. The normalized spacial score (nSPS) is 23.1. The number of amides is 1. The maximum atomic E-state index is 12.0. The highest BCUT2D eigenvalue weighted by Gasteiger charge is 2.33. The summed E-state index contributed by atoms with van der Waals surface area (Å²) in [7, 11) is 0. The van der Waals surface area contributed by atoms with Crippen LogP contribution in [0.25, 0.3) is 0 Å². The first-order valence-corrected chi connectivity index (χ1v) is 6.13. The molecule has 0 spiro atoms. The molecule has 1 heterocycles. The Balaban J connectivity index is 2.72. The molecule has 17 heavy (non-hydrogen) atoms. The van der Waals surface area contributed by atoms with Gasteiger partial charge in [0.2, 0.25) is 5.91 Å². The Bertz CT molecular complexity index is 299. The van der Waals surface area contributed by atoms with Gasteiger partial charge < -0.3 is 10.1 Å². The molecule has 1 fully saturated rings. The number of morpholine rings is 1. The van der Waals surface area contributed by atoms with Gasteiger partial charge in [-0.15, -0.1) is 0 Å². The summed E-state index contributed by atoms with van der Waals surface area (Å²) in [4.78, 5) is 14.0. The molecule has 2 atom stereocenters. The van der Waals surface area contributed by atoms with E-state index in [4.69, 9.17) is 10.00 Å². The van der Waals surface area contributed by atoms with E-state index in [9.17, 15) is 4.79 Å². The fourth-order valence-electron chi connectivity index (χ4n) is 2.00. The van der Waals surface area contributed by atoms with Gasteiger partial charge in [-0.25, -0.2) is 0 Å². The van der Waals surface area contributed by atoms with E-state index in [2.05, 4.69) is 11.4 Å². The van der Waals surface area contributed by atoms with Crippen molar-refractivity contribution in [3.63, 3.8) is 0 Å². The van der Waals surface area contributed by atoms with E-state index in [-0.39, 0.29) is 24.0 Å². The topological polar surface area (TPSA) is 65.4 Å². The van der Waals surface area contributed by atoms with Crippen molar-refractivity contribution < 1.29 is 9.53 Å². The van der Waals surface area contributed by atoms with Crippen LogP contribution in [0, 0.1) is 11.3 Å². The van der Waals surface area contributed by atoms with E-state index in [0.29, 0.717) is 19.8 Å². The fourth-order valence-corrected chi connectivity index (χ4v) is 2.00. The largest absolute Gasteiger partial charge is 0.378 e. The first-order valence-electron chi connectivity index (χ1n) is 6.13. The van der Waals surface area contributed by atoms with E-state index < -0.39 is 0 Å². The molecule has 0 radical (unpaired) electrons. The highest BCUT2D eigenvalue weighted by atomic mass is 16.5. The summed E-state index contributed by atoms with van der Waals surface area (Å²) >= 11 is 0. The van der Waals surface area contributed by atoms with Crippen molar-refractivity contribution in [1.82, 2.24) is 10.2 Å². The van der Waals surface area contributed by atoms with Crippen LogP contribution in [0.3, 0.4) is 0 Å². The molecule has 1 amide bonds. The van der Waals surface area contributed by atoms with Gasteiger partial charge in [-0.2, -0.15) is 5.26 Å². The van der Waals surface area contributed by atoms with Gasteiger partial charge in [-0.3, -0.25) is 9.69 Å². The average molecular weight is 239 g/mol. The van der Waals surface area contributed by atoms with E-state index in [1.165, 1.54) is 0 Å². The van der Waals surface area contributed by atoms with Gasteiger partial charge >= 0.3 is 0 Å². The van der Waals surface area contributed by atoms with Crippen LogP contribution in [0.1, 0.15) is 27.2 Å². The summed E-state index contributed by atoms with van der Waals surface area (Å²) in [5.74, 6) is -0.0478. The zero-order chi connectivity index (χ0) is 12.8. The second-order valence-electron chi connectivity index (χ2n) is 4.54. The predicted octanol–water partition coefficient (Wildman–Crippen LogP) is 0.514. The lowest BCUT2D eigenvalue weighted by atomic mass is 10.1. The molecule has 96 valence electrons. The molecule has 1 rings (SSSR count). The number of hydrogen-bond acceptors (Lipinski definition) is 4. The maximum absolute atomic E-state index is 12.0. The molecule has 0 aromatic heterocycles. The monoisotopic (exact) mass is 239 g/mol. The molecule has 1 saturated heterocycles. The van der Waals surface area contributed by atoms with Gasteiger partial charge in [0.05, 0.1) is 25.3 Å². The Morgan fingerprint density at radius 2 is 2.35 bits per heavy atom. The minimum atomic E-state index is -0.337. The van der Waals surface area contributed by atoms with Crippen molar-refractivity contribution in [2.75, 3.05) is 19.8 Å². The van der Waals surface area contributed by atoms with Gasteiger partial charge in [0.15, 0.2) is 0 Å². The van der Waals surface area contributed by atoms with Crippen LogP contribution in [-0.2, 0) is 9.53 Å². The van der Waals surface area contributed by atoms with E-state index in [1.54, 1.807) is 0 Å². The summed E-state index contributed by atoms with van der Waals surface area (Å²) < 4.78 is 5.34. The Labute approximate surface area is 103 Å². The van der Waals surface area contributed by atoms with E-state index >= 15 is 0 Å². The van der Waals surface area contributed by atoms with Gasteiger partial charge in [-0.1, -0.05) is 6.92 Å². The van der Waals surface area contributed by atoms with Crippen LogP contribution in [0.15, 0.2) is 0 Å². The molecule has 5 nitrogen and oxygen atoms in total. The second-order valence-corrected chi connectivity index (χ2v) is 4.54. The van der Waals surface area contributed by atoms with E-state index in [0.717, 1.165) is 6.42 Å². The smallest absolute Gasteiger partial charge is 0.239 e. The van der Waals surface area contributed by atoms with Crippen LogP contribution in [0.4, 0.5) is 0 Å². The molecule has 0 aromatic carbocycles. The van der Waals surface area contributed by atoms with Crippen LogP contribution in [0.5, 0.6) is 0 Å². The minimum Gasteiger partial charge on any atom is -0.378 e. The van der Waals surface area contributed by atoms with Gasteiger partial charge in [0.25, 0.3) is 0 Å². The van der Waals surface area contributed by atoms with Crippen LogP contribution < -0.4 is 5.32 Å². The Morgan fingerprint density at radius 3 is 2.88 bits per heavy atom. The lowest BCUT2D eigenvalue weighted by molar-refractivity contribution is -0.134. The highest BCUT2D eigenvalue weighted by Crippen LogP contribution is 2.13. The second kappa shape index (κ2) is 6.58. The molecule has 1 aliphatic heterocycles. The highest BCUT2D eigenvalue weighted by molar-refractivity contribution is 5.82. The number of rotatable bonds is 4. The van der Waals surface area contributed by atoms with Crippen molar-refractivity contribution in [1.29, 1.82) is 5.26 Å². The fraction of sp³-hybridized carbons (Fsp3) is 0.833. The number of carbonyl (C=O) groups excluding carboxylic acids is 1. The molecule has 0 saturated carbocycles. The average Bonchev–Trinajstić information content (AvgIpc) is 2.30. The lowest BCUT2D eigenvalue weighted by Gasteiger charge is -2.37. The lowest BCUT2D eigenvalue weighted by Crippen LogP contribution is -2.57. The molecule has 0 bridgehead atoms. The molecule has 0 aliphatic carbocycles. The summed E-state index contributed by atoms with van der Waals surface area (Å²) in [5, 5.41) is 12.0. The number of nitrogens with zero attached hydrogens (tertiary/aromatic N) is 2. The number of carbonyl (C=O) groups is 1. The summed E-state index contributed by atoms with van der Waals surface area (Å²) in [6, 6.07) is 1.81. The molecule has 1 aliphatic rings. The quantitative estimate of drug-likeness (QED) is 0.776. The molecule has 5 heteroatoms. The van der Waals surface area contributed by atoms with Crippen LogP contribution in [0.2, 0.25) is 0 Å². The third-order valence-electron chi connectivity index (χ3n) is 2.84. The summed E-state index contributed by atoms with van der Waals surface area (Å²) in [6.45, 7) is 7.41. The van der Waals surface area contributed by atoms with Gasteiger partial charge in [0.1, 0.15) is 6.04 Å². The summed E-state index contributed by atoms with van der Waals surface area (Å²) in [6.07, 6.45) is 0.724. The number of nitrogens with one attached hydrogen (secondary N) is 1. The zero-order valence-electron chi connectivity index (χ0n) is 10.8. The molecular formula is C12H21N3O2. The van der Waals surface area contributed by atoms with Crippen molar-refractivity contribution in [3.8, 4) is 6.07 Å². The van der Waals surface area contributed by atoms with E-state index in [1.807, 2.05) is 25.7 Å². The van der Waals surface area contributed by atoms with Gasteiger partial charge in [0, 0.05) is 12.6 Å². The first kappa shape index (κ1) is 13.9. The zero-order valence-corrected chi connectivity index (χ0v) is 10.8. The van der Waals surface area contributed by atoms with Crippen molar-refractivity contribution in [3.05, 3.63) is 0 Å². The Hall–Kier alpha value is -1.12. The summed E-state index contributed by atoms with van der Waals surface area (Å²) in [5.41, 5.74) is 0. The van der Waals surface area contributed by atoms with Gasteiger partial charge in [-0.05, 0) is 20.3 Å². The maximum Gasteiger partial charge on any atom is 0.239 e. The van der Waals surface area contributed by atoms with Crippen LogP contribution in [-0.4, -0.2) is 48.7 Å². The minimum absolute atomic E-state index is 0.0478. The first-order chi connectivity index (χ1) is 8.10. The number of ether oxygens (including phenoxy) is 1. The molecule has 2 unspecified atom stereocenters. The van der Waals surface area contributed by atoms with Crippen molar-refractivity contribution in [2.24, 2.45) is 0 Å². The third kappa shape index (κ3) is 3.69. The molecule has 0 aromatic rings. The van der Waals surface area contributed by atoms with Crippen molar-refractivity contribution in [2.45, 2.75) is 45.3 Å². The third-order valence-corrected chi connectivity index (χ3v) is 2.84.